The third-order valence-corrected chi connectivity index (χ3v) is 5.49. The normalized spacial score (nSPS) is 16.1. The molecule has 0 aliphatic carbocycles. The Labute approximate surface area is 193 Å². The highest BCUT2D eigenvalue weighted by Gasteiger charge is 2.31. The highest BCUT2D eigenvalue weighted by atomic mass is 16.2. The molecule has 0 bridgehead atoms. The number of carbonyl (C=O) groups is 4. The molecule has 1 heterocycles. The molecule has 0 spiro atoms. The van der Waals surface area contributed by atoms with Gasteiger partial charge in [-0.25, -0.2) is 0 Å². The van der Waals surface area contributed by atoms with E-state index in [1.807, 2.05) is 11.0 Å². The van der Waals surface area contributed by atoms with Crippen molar-refractivity contribution in [2.75, 3.05) is 43.9 Å². The molecule has 3 rings (SSSR count). The summed E-state index contributed by atoms with van der Waals surface area (Å²) in [5, 5.41) is 8.16. The Morgan fingerprint density at radius 3 is 2.21 bits per heavy atom. The van der Waals surface area contributed by atoms with Gasteiger partial charge in [-0.3, -0.25) is 24.1 Å². The fourth-order valence-corrected chi connectivity index (χ4v) is 3.92. The maximum atomic E-state index is 12.6. The predicted molar refractivity (Wildman–Crippen MR) is 126 cm³/mol. The minimum atomic E-state index is -0.259. The molecule has 1 saturated heterocycles. The molecule has 0 saturated carbocycles. The molecule has 0 aromatic heterocycles. The molecule has 2 aromatic rings. The first-order valence-corrected chi connectivity index (χ1v) is 10.8. The van der Waals surface area contributed by atoms with E-state index in [1.54, 1.807) is 54.4 Å². The number of rotatable bonds is 6. The summed E-state index contributed by atoms with van der Waals surface area (Å²) < 4.78 is 0. The second-order valence-electron chi connectivity index (χ2n) is 7.97. The number of benzene rings is 2. The van der Waals surface area contributed by atoms with Gasteiger partial charge in [-0.2, -0.15) is 0 Å². The van der Waals surface area contributed by atoms with E-state index in [4.69, 9.17) is 0 Å². The molecule has 0 radical (unpaired) electrons. The van der Waals surface area contributed by atoms with Gasteiger partial charge in [-0.05, 0) is 42.0 Å². The monoisotopic (exact) mass is 451 g/mol. The Balaban J connectivity index is 1.67. The van der Waals surface area contributed by atoms with E-state index < -0.39 is 0 Å². The zero-order valence-electron chi connectivity index (χ0n) is 19.1. The molecule has 33 heavy (non-hydrogen) atoms. The summed E-state index contributed by atoms with van der Waals surface area (Å²) in [5.41, 5.74) is 2.66. The van der Waals surface area contributed by atoms with Gasteiger partial charge in [0.25, 0.3) is 5.91 Å². The van der Waals surface area contributed by atoms with Crippen molar-refractivity contribution in [3.63, 3.8) is 0 Å². The lowest BCUT2D eigenvalue weighted by Crippen LogP contribution is -2.51. The molecule has 174 valence electrons. The van der Waals surface area contributed by atoms with Crippen LogP contribution < -0.4 is 16.0 Å². The third-order valence-electron chi connectivity index (χ3n) is 5.49. The molecule has 4 amide bonds. The maximum absolute atomic E-state index is 12.6. The summed E-state index contributed by atoms with van der Waals surface area (Å²) in [6.45, 7) is 4.67. The van der Waals surface area contributed by atoms with Gasteiger partial charge in [0.05, 0.1) is 12.6 Å². The van der Waals surface area contributed by atoms with Crippen molar-refractivity contribution >= 4 is 35.0 Å². The topological polar surface area (TPSA) is 111 Å². The number of hydrogen-bond acceptors (Lipinski definition) is 5. The van der Waals surface area contributed by atoms with E-state index in [0.29, 0.717) is 36.6 Å². The summed E-state index contributed by atoms with van der Waals surface area (Å²) in [6.07, 6.45) is 0. The largest absolute Gasteiger partial charge is 0.355 e. The van der Waals surface area contributed by atoms with Crippen LogP contribution in [0.4, 0.5) is 11.4 Å². The lowest BCUT2D eigenvalue weighted by atomic mass is 9.99. The number of carbonyl (C=O) groups excluding carboxylic acids is 4. The van der Waals surface area contributed by atoms with E-state index in [-0.39, 0.29) is 36.2 Å². The summed E-state index contributed by atoms with van der Waals surface area (Å²) in [6, 6.07) is 13.8. The van der Waals surface area contributed by atoms with Gasteiger partial charge >= 0.3 is 0 Å². The molecule has 9 heteroatoms. The molecule has 3 N–H and O–H groups in total. The summed E-state index contributed by atoms with van der Waals surface area (Å²) >= 11 is 0. The number of nitrogens with zero attached hydrogens (tertiary/aromatic N) is 2. The van der Waals surface area contributed by atoms with Crippen LogP contribution in [0.5, 0.6) is 0 Å². The molecule has 1 atom stereocenters. The average Bonchev–Trinajstić information content (AvgIpc) is 2.79. The van der Waals surface area contributed by atoms with Gasteiger partial charge in [0.1, 0.15) is 0 Å². The summed E-state index contributed by atoms with van der Waals surface area (Å²) in [5.74, 6) is -0.570. The minimum absolute atomic E-state index is 0.0475. The van der Waals surface area contributed by atoms with Crippen LogP contribution in [0.1, 0.15) is 35.8 Å². The van der Waals surface area contributed by atoms with E-state index in [1.165, 1.54) is 13.8 Å². The molecular weight excluding hydrogens is 422 g/mol. The molecular formula is C24H29N5O4. The van der Waals surface area contributed by atoms with Crippen molar-refractivity contribution in [2.24, 2.45) is 0 Å². The first kappa shape index (κ1) is 23.9. The summed E-state index contributed by atoms with van der Waals surface area (Å²) in [4.78, 5) is 51.8. The number of anilines is 2. The zero-order chi connectivity index (χ0) is 24.0. The van der Waals surface area contributed by atoms with Crippen molar-refractivity contribution in [3.05, 3.63) is 59.7 Å². The van der Waals surface area contributed by atoms with Crippen LogP contribution in [0.3, 0.4) is 0 Å². The van der Waals surface area contributed by atoms with Crippen molar-refractivity contribution in [3.8, 4) is 0 Å². The fourth-order valence-electron chi connectivity index (χ4n) is 3.92. The van der Waals surface area contributed by atoms with Gasteiger partial charge in [0.2, 0.25) is 17.7 Å². The van der Waals surface area contributed by atoms with Crippen LogP contribution >= 0.6 is 0 Å². The van der Waals surface area contributed by atoms with Crippen molar-refractivity contribution < 1.29 is 19.2 Å². The molecule has 1 aliphatic heterocycles. The first-order valence-electron chi connectivity index (χ1n) is 10.8. The summed E-state index contributed by atoms with van der Waals surface area (Å²) in [7, 11) is 1.57. The van der Waals surface area contributed by atoms with Crippen molar-refractivity contribution in [2.45, 2.75) is 19.9 Å². The first-order chi connectivity index (χ1) is 15.8. The number of amides is 4. The van der Waals surface area contributed by atoms with Crippen LogP contribution in [0.15, 0.2) is 48.5 Å². The number of piperazine rings is 1. The van der Waals surface area contributed by atoms with Crippen LogP contribution in [-0.4, -0.2) is 66.7 Å². The Morgan fingerprint density at radius 1 is 0.939 bits per heavy atom. The SMILES string of the molecule is CNC(=O)c1cccc(C2CN(CC(=O)Nc3ccc(NC(C)=O)cc3)CCN2C(C)=O)c1. The number of hydrogen-bond donors (Lipinski definition) is 3. The van der Waals surface area contributed by atoms with E-state index in [9.17, 15) is 19.2 Å². The van der Waals surface area contributed by atoms with E-state index in [2.05, 4.69) is 16.0 Å². The molecule has 9 nitrogen and oxygen atoms in total. The van der Waals surface area contributed by atoms with Gasteiger partial charge in [-0.15, -0.1) is 0 Å². The highest BCUT2D eigenvalue weighted by Crippen LogP contribution is 2.26. The molecule has 1 aliphatic rings. The third kappa shape index (κ3) is 6.39. The van der Waals surface area contributed by atoms with Gasteiger partial charge in [0, 0.05) is 57.5 Å². The predicted octanol–water partition coefficient (Wildman–Crippen LogP) is 1.85. The van der Waals surface area contributed by atoms with E-state index >= 15 is 0 Å². The molecule has 1 unspecified atom stereocenters. The average molecular weight is 452 g/mol. The van der Waals surface area contributed by atoms with Crippen molar-refractivity contribution in [1.82, 2.24) is 15.1 Å². The van der Waals surface area contributed by atoms with Crippen LogP contribution in [0, 0.1) is 0 Å². The lowest BCUT2D eigenvalue weighted by molar-refractivity contribution is -0.134. The van der Waals surface area contributed by atoms with Crippen molar-refractivity contribution in [1.29, 1.82) is 0 Å². The Kier molecular flexibility index (Phi) is 7.78. The quantitative estimate of drug-likeness (QED) is 0.621. The Hall–Kier alpha value is -3.72. The van der Waals surface area contributed by atoms with E-state index in [0.717, 1.165) is 5.56 Å². The number of nitrogens with one attached hydrogen (secondary N) is 3. The van der Waals surface area contributed by atoms with Gasteiger partial charge in [0.15, 0.2) is 0 Å². The van der Waals surface area contributed by atoms with Crippen LogP contribution in [0.2, 0.25) is 0 Å². The smallest absolute Gasteiger partial charge is 0.251 e. The molecule has 1 fully saturated rings. The Bertz CT molecular complexity index is 1040. The van der Waals surface area contributed by atoms with Crippen LogP contribution in [0.25, 0.3) is 0 Å². The standard InChI is InChI=1S/C24H29N5O4/c1-16(30)26-20-7-9-21(10-8-20)27-23(32)15-28-11-12-29(17(2)31)22(14-28)18-5-4-6-19(13-18)24(33)25-3/h4-10,13,22H,11-12,14-15H2,1-3H3,(H,25,33)(H,26,30)(H,27,32). The van der Waals surface area contributed by atoms with Gasteiger partial charge < -0.3 is 20.9 Å². The molecule has 2 aromatic carbocycles. The van der Waals surface area contributed by atoms with Gasteiger partial charge in [-0.1, -0.05) is 12.1 Å². The second-order valence-corrected chi connectivity index (χ2v) is 7.97. The van der Waals surface area contributed by atoms with Crippen LogP contribution in [-0.2, 0) is 14.4 Å². The zero-order valence-corrected chi connectivity index (χ0v) is 19.1. The second kappa shape index (κ2) is 10.7. The fraction of sp³-hybridized carbons (Fsp3) is 0.333. The Morgan fingerprint density at radius 2 is 1.61 bits per heavy atom. The minimum Gasteiger partial charge on any atom is -0.355 e. The highest BCUT2D eigenvalue weighted by molar-refractivity contribution is 5.94. The maximum Gasteiger partial charge on any atom is 0.251 e. The lowest BCUT2D eigenvalue weighted by Gasteiger charge is -2.41.